The number of aryl methyl sites for hydroxylation is 3. The molecule has 0 spiro atoms. The SMILES string of the molecule is Cc1cc(C)[c]([Sb]([O]C(C)(C)C)[O]C(C)(C)C)c(C)c1. The van der Waals surface area contributed by atoms with Crippen LogP contribution in [0.15, 0.2) is 12.1 Å². The fourth-order valence-electron chi connectivity index (χ4n) is 2.07. The van der Waals surface area contributed by atoms with Gasteiger partial charge in [-0.1, -0.05) is 0 Å². The minimum absolute atomic E-state index is 0.169. The molecule has 1 rings (SSSR count). The Morgan fingerprint density at radius 2 is 1.10 bits per heavy atom. The van der Waals surface area contributed by atoms with Gasteiger partial charge in [0.25, 0.3) is 0 Å². The molecule has 0 aromatic heterocycles. The van der Waals surface area contributed by atoms with Gasteiger partial charge in [0.05, 0.1) is 0 Å². The standard InChI is InChI=1S/C9H11.2C4H9O.Sb/c1-7-4-8(2)6-9(3)5-7;2*1-4(2,3)5;/h4-5H,1-3H3;2*1-3H3;/q;2*-1;+2. The third-order valence-corrected chi connectivity index (χ3v) is 9.66. The molecule has 0 aliphatic heterocycles. The summed E-state index contributed by atoms with van der Waals surface area (Å²) in [5.41, 5.74) is 3.57. The Morgan fingerprint density at radius 3 is 1.40 bits per heavy atom. The maximum absolute atomic E-state index is 6.36. The van der Waals surface area contributed by atoms with Gasteiger partial charge in [-0.15, -0.1) is 0 Å². The zero-order chi connectivity index (χ0) is 15.7. The van der Waals surface area contributed by atoms with E-state index in [4.69, 9.17) is 6.03 Å². The molecular weight excluding hydrogens is 358 g/mol. The number of hydrogen-bond donors (Lipinski definition) is 0. The summed E-state index contributed by atoms with van der Waals surface area (Å²) in [6.45, 7) is 19.1. The second kappa shape index (κ2) is 6.38. The van der Waals surface area contributed by atoms with Gasteiger partial charge in [0, 0.05) is 0 Å². The van der Waals surface area contributed by atoms with Crippen molar-refractivity contribution in [3.63, 3.8) is 0 Å². The van der Waals surface area contributed by atoms with E-state index in [1.165, 1.54) is 20.2 Å². The van der Waals surface area contributed by atoms with Gasteiger partial charge in [0.2, 0.25) is 0 Å². The third-order valence-electron chi connectivity index (χ3n) is 2.53. The van der Waals surface area contributed by atoms with Crippen LogP contribution in [0.4, 0.5) is 0 Å². The number of hydrogen-bond acceptors (Lipinski definition) is 2. The van der Waals surface area contributed by atoms with Gasteiger partial charge in [-0.05, 0) is 0 Å². The second-order valence-corrected chi connectivity index (χ2v) is 11.2. The van der Waals surface area contributed by atoms with Crippen molar-refractivity contribution < 1.29 is 6.03 Å². The first-order valence-corrected chi connectivity index (χ1v) is 10.5. The normalized spacial score (nSPS) is 13.1. The van der Waals surface area contributed by atoms with E-state index in [-0.39, 0.29) is 11.2 Å². The Kier molecular flexibility index (Phi) is 5.74. The van der Waals surface area contributed by atoms with Gasteiger partial charge < -0.3 is 0 Å². The van der Waals surface area contributed by atoms with Crippen LogP contribution in [0, 0.1) is 20.8 Å². The molecular formula is C17H29O2Sb. The van der Waals surface area contributed by atoms with Gasteiger partial charge in [0.1, 0.15) is 0 Å². The van der Waals surface area contributed by atoms with E-state index in [0.717, 1.165) is 0 Å². The average molecular weight is 387 g/mol. The molecule has 0 saturated carbocycles. The summed E-state index contributed by atoms with van der Waals surface area (Å²) in [5.74, 6) is 0. The van der Waals surface area contributed by atoms with Crippen LogP contribution in [0.1, 0.15) is 58.2 Å². The van der Waals surface area contributed by atoms with Gasteiger partial charge in [0.15, 0.2) is 0 Å². The molecule has 0 radical (unpaired) electrons. The van der Waals surface area contributed by atoms with Gasteiger partial charge in [-0.25, -0.2) is 0 Å². The Bertz CT molecular complexity index is 428. The van der Waals surface area contributed by atoms with E-state index in [2.05, 4.69) is 74.4 Å². The minimum atomic E-state index is -2.45. The Morgan fingerprint density at radius 1 is 0.750 bits per heavy atom. The van der Waals surface area contributed by atoms with Crippen molar-refractivity contribution in [1.29, 1.82) is 0 Å². The van der Waals surface area contributed by atoms with E-state index < -0.39 is 21.1 Å². The van der Waals surface area contributed by atoms with E-state index in [1.807, 2.05) is 0 Å². The summed E-state index contributed by atoms with van der Waals surface area (Å²) >= 11 is -2.45. The second-order valence-electron chi connectivity index (χ2n) is 7.41. The molecule has 0 heterocycles. The molecule has 0 aliphatic carbocycles. The van der Waals surface area contributed by atoms with Gasteiger partial charge in [-0.2, -0.15) is 0 Å². The van der Waals surface area contributed by atoms with Crippen LogP contribution in [0.5, 0.6) is 0 Å². The molecule has 1 aromatic carbocycles. The van der Waals surface area contributed by atoms with E-state index in [1.54, 1.807) is 0 Å². The van der Waals surface area contributed by atoms with Crippen molar-refractivity contribution >= 4 is 24.6 Å². The van der Waals surface area contributed by atoms with Crippen LogP contribution in [0.3, 0.4) is 0 Å². The summed E-state index contributed by atoms with van der Waals surface area (Å²) in [6, 6.07) is 4.47. The molecule has 0 unspecified atom stereocenters. The monoisotopic (exact) mass is 386 g/mol. The molecule has 2 nitrogen and oxygen atoms in total. The van der Waals surface area contributed by atoms with Crippen LogP contribution < -0.4 is 3.51 Å². The molecule has 0 aliphatic rings. The van der Waals surface area contributed by atoms with Crippen molar-refractivity contribution in [2.45, 2.75) is 73.5 Å². The molecule has 0 N–H and O–H groups in total. The molecule has 0 atom stereocenters. The molecule has 1 aromatic rings. The van der Waals surface area contributed by atoms with Crippen molar-refractivity contribution in [1.82, 2.24) is 0 Å². The van der Waals surface area contributed by atoms with Crippen LogP contribution in [-0.2, 0) is 6.03 Å². The molecule has 0 amide bonds. The summed E-state index contributed by atoms with van der Waals surface area (Å²) in [7, 11) is 0. The fraction of sp³-hybridized carbons (Fsp3) is 0.647. The zero-order valence-electron chi connectivity index (χ0n) is 14.4. The van der Waals surface area contributed by atoms with Crippen LogP contribution in [-0.4, -0.2) is 32.3 Å². The maximum atomic E-state index is 6.36. The number of benzene rings is 1. The first kappa shape index (κ1) is 18.0. The van der Waals surface area contributed by atoms with Crippen LogP contribution >= 0.6 is 0 Å². The van der Waals surface area contributed by atoms with Gasteiger partial charge >= 0.3 is 133 Å². The van der Waals surface area contributed by atoms with Crippen molar-refractivity contribution in [3.05, 3.63) is 28.8 Å². The molecule has 114 valence electrons. The van der Waals surface area contributed by atoms with Crippen LogP contribution in [0.25, 0.3) is 0 Å². The van der Waals surface area contributed by atoms with Gasteiger partial charge in [-0.3, -0.25) is 0 Å². The number of rotatable bonds is 3. The van der Waals surface area contributed by atoms with Crippen LogP contribution in [0.2, 0.25) is 0 Å². The Balaban J connectivity index is 3.23. The molecule has 3 heteroatoms. The van der Waals surface area contributed by atoms with Crippen molar-refractivity contribution in [2.75, 3.05) is 0 Å². The quantitative estimate of drug-likeness (QED) is 0.732. The molecule has 20 heavy (non-hydrogen) atoms. The molecule has 0 saturated heterocycles. The van der Waals surface area contributed by atoms with E-state index in [9.17, 15) is 0 Å². The first-order chi connectivity index (χ1) is 8.89. The van der Waals surface area contributed by atoms with Crippen molar-refractivity contribution in [3.8, 4) is 0 Å². The van der Waals surface area contributed by atoms with Crippen molar-refractivity contribution in [2.24, 2.45) is 0 Å². The van der Waals surface area contributed by atoms with E-state index in [0.29, 0.717) is 0 Å². The summed E-state index contributed by atoms with van der Waals surface area (Å²) in [6.07, 6.45) is 0. The first-order valence-electron chi connectivity index (χ1n) is 7.15. The topological polar surface area (TPSA) is 18.5 Å². The summed E-state index contributed by atoms with van der Waals surface area (Å²) < 4.78 is 14.1. The zero-order valence-corrected chi connectivity index (χ0v) is 17.0. The van der Waals surface area contributed by atoms with E-state index >= 15 is 0 Å². The predicted molar refractivity (Wildman–Crippen MR) is 87.7 cm³/mol. The fourth-order valence-corrected chi connectivity index (χ4v) is 7.55. The Labute approximate surface area is 133 Å². The summed E-state index contributed by atoms with van der Waals surface area (Å²) in [5, 5.41) is 0. The third kappa shape index (κ3) is 5.75. The predicted octanol–water partition coefficient (Wildman–Crippen LogP) is 3.94. The molecule has 0 bridgehead atoms. The average Bonchev–Trinajstić information content (AvgIpc) is 2.08. The summed E-state index contributed by atoms with van der Waals surface area (Å²) in [4.78, 5) is 0. The Hall–Kier alpha value is -0.0418. The molecule has 0 fully saturated rings.